The summed E-state index contributed by atoms with van der Waals surface area (Å²) >= 11 is 9.51. The molecule has 11 heteroatoms. The molecule has 4 aromatic rings. The van der Waals surface area contributed by atoms with Crippen molar-refractivity contribution in [1.29, 1.82) is 0 Å². The van der Waals surface area contributed by atoms with Crippen LogP contribution in [0.1, 0.15) is 25.0 Å². The largest absolute Gasteiger partial charge is 0.492 e. The Labute approximate surface area is 278 Å². The molecule has 0 bridgehead atoms. The highest BCUT2D eigenvalue weighted by atomic mass is 79.9. The number of rotatable bonds is 14. The molecule has 0 saturated heterocycles. The summed E-state index contributed by atoms with van der Waals surface area (Å²) < 4.78 is 36.1. The molecule has 1 N–H and O–H groups in total. The average molecular weight is 713 g/mol. The number of hydrogen-bond donors (Lipinski definition) is 1. The molecule has 1 atom stereocenters. The van der Waals surface area contributed by atoms with E-state index in [4.69, 9.17) is 16.3 Å². The number of nitrogens with one attached hydrogen (secondary N) is 1. The van der Waals surface area contributed by atoms with E-state index in [9.17, 15) is 18.0 Å². The van der Waals surface area contributed by atoms with Gasteiger partial charge >= 0.3 is 0 Å². The molecule has 8 nitrogen and oxygen atoms in total. The SMILES string of the molecule is CCNC(=O)C(Cc1ccccc1)N(Cc1ccc(Br)cc1)C(=O)CN(c1ccccc1OCC)S(=O)(=O)c1ccc(Cl)cc1. The maximum absolute atomic E-state index is 14.5. The number of para-hydroxylation sites is 2. The highest BCUT2D eigenvalue weighted by Gasteiger charge is 2.35. The molecule has 4 aromatic carbocycles. The molecule has 2 amide bonds. The number of nitrogens with zero attached hydrogens (tertiary/aromatic N) is 2. The Bertz CT molecular complexity index is 1690. The van der Waals surface area contributed by atoms with Gasteiger partial charge in [-0.15, -0.1) is 0 Å². The molecule has 0 radical (unpaired) electrons. The van der Waals surface area contributed by atoms with E-state index in [1.807, 2.05) is 61.5 Å². The van der Waals surface area contributed by atoms with Gasteiger partial charge in [0.05, 0.1) is 17.2 Å². The Balaban J connectivity index is 1.82. The normalized spacial score (nSPS) is 11.8. The smallest absolute Gasteiger partial charge is 0.264 e. The summed E-state index contributed by atoms with van der Waals surface area (Å²) in [6.45, 7) is 3.73. The fraction of sp³-hybridized carbons (Fsp3) is 0.235. The zero-order valence-corrected chi connectivity index (χ0v) is 28.2. The van der Waals surface area contributed by atoms with E-state index < -0.39 is 28.5 Å². The maximum atomic E-state index is 14.5. The van der Waals surface area contributed by atoms with Crippen molar-refractivity contribution in [2.75, 3.05) is 24.0 Å². The summed E-state index contributed by atoms with van der Waals surface area (Å²) in [5.74, 6) is -0.600. The fourth-order valence-electron chi connectivity index (χ4n) is 4.82. The number of anilines is 1. The molecule has 0 fully saturated rings. The molecular formula is C34H35BrClN3O5S. The van der Waals surface area contributed by atoms with Crippen LogP contribution in [0.25, 0.3) is 0 Å². The fourth-order valence-corrected chi connectivity index (χ4v) is 6.64. The van der Waals surface area contributed by atoms with E-state index in [1.54, 1.807) is 31.2 Å². The lowest BCUT2D eigenvalue weighted by Crippen LogP contribution is -2.53. The second-order valence-electron chi connectivity index (χ2n) is 10.1. The summed E-state index contributed by atoms with van der Waals surface area (Å²) in [7, 11) is -4.29. The minimum Gasteiger partial charge on any atom is -0.492 e. The van der Waals surface area contributed by atoms with E-state index in [0.717, 1.165) is 19.9 Å². The van der Waals surface area contributed by atoms with Gasteiger partial charge in [0.15, 0.2) is 0 Å². The quantitative estimate of drug-likeness (QED) is 0.162. The molecule has 0 spiro atoms. The van der Waals surface area contributed by atoms with Crippen LogP contribution in [0.5, 0.6) is 5.75 Å². The summed E-state index contributed by atoms with van der Waals surface area (Å²) in [5, 5.41) is 3.24. The average Bonchev–Trinajstić information content (AvgIpc) is 3.03. The van der Waals surface area contributed by atoms with Gasteiger partial charge in [0.2, 0.25) is 11.8 Å². The number of sulfonamides is 1. The summed E-state index contributed by atoms with van der Waals surface area (Å²) in [5.41, 5.74) is 1.83. The van der Waals surface area contributed by atoms with E-state index >= 15 is 0 Å². The number of hydrogen-bond acceptors (Lipinski definition) is 5. The van der Waals surface area contributed by atoms with Crippen LogP contribution in [-0.4, -0.2) is 50.9 Å². The van der Waals surface area contributed by atoms with Gasteiger partial charge in [-0.25, -0.2) is 8.42 Å². The Kier molecular flexibility index (Phi) is 12.0. The van der Waals surface area contributed by atoms with Crippen molar-refractivity contribution >= 4 is 55.1 Å². The second kappa shape index (κ2) is 15.9. The molecule has 0 aliphatic rings. The number of likely N-dealkylation sites (N-methyl/N-ethyl adjacent to an activating group) is 1. The standard InChI is InChI=1S/C34H35BrClN3O5S/c1-3-37-34(41)31(22-25-10-6-5-7-11-25)38(23-26-14-16-27(35)17-15-26)33(40)24-39(30-12-8-9-13-32(30)44-4-2)45(42,43)29-20-18-28(36)19-21-29/h5-21,31H,3-4,22-24H2,1-2H3,(H,37,41). The van der Waals surface area contributed by atoms with E-state index in [2.05, 4.69) is 21.2 Å². The monoisotopic (exact) mass is 711 g/mol. The number of halogens is 2. The van der Waals surface area contributed by atoms with Crippen molar-refractivity contribution in [2.24, 2.45) is 0 Å². The Hall–Kier alpha value is -3.86. The lowest BCUT2D eigenvalue weighted by Gasteiger charge is -2.34. The van der Waals surface area contributed by atoms with Gasteiger partial charge in [-0.1, -0.05) is 82.1 Å². The summed E-state index contributed by atoms with van der Waals surface area (Å²) in [4.78, 5) is 29.5. The van der Waals surface area contributed by atoms with Crippen molar-refractivity contribution in [3.05, 3.63) is 124 Å². The van der Waals surface area contributed by atoms with Crippen LogP contribution >= 0.6 is 27.5 Å². The van der Waals surface area contributed by atoms with Crippen molar-refractivity contribution in [1.82, 2.24) is 10.2 Å². The van der Waals surface area contributed by atoms with Crippen molar-refractivity contribution < 1.29 is 22.7 Å². The van der Waals surface area contributed by atoms with Crippen LogP contribution in [-0.2, 0) is 32.6 Å². The molecule has 1 unspecified atom stereocenters. The number of ether oxygens (including phenoxy) is 1. The predicted octanol–water partition coefficient (Wildman–Crippen LogP) is 6.47. The van der Waals surface area contributed by atoms with Gasteiger partial charge in [-0.2, -0.15) is 0 Å². The van der Waals surface area contributed by atoms with Crippen molar-refractivity contribution in [2.45, 2.75) is 37.8 Å². The van der Waals surface area contributed by atoms with Gasteiger partial charge in [0.25, 0.3) is 10.0 Å². The van der Waals surface area contributed by atoms with E-state index in [-0.39, 0.29) is 36.1 Å². The maximum Gasteiger partial charge on any atom is 0.264 e. The highest BCUT2D eigenvalue weighted by Crippen LogP contribution is 2.33. The second-order valence-corrected chi connectivity index (χ2v) is 13.3. The van der Waals surface area contributed by atoms with Crippen LogP contribution in [0.4, 0.5) is 5.69 Å². The molecule has 0 saturated carbocycles. The van der Waals surface area contributed by atoms with E-state index in [0.29, 0.717) is 17.3 Å². The molecule has 0 aliphatic heterocycles. The third-order valence-electron chi connectivity index (χ3n) is 7.00. The zero-order chi connectivity index (χ0) is 32.4. The zero-order valence-electron chi connectivity index (χ0n) is 25.0. The Morgan fingerprint density at radius 1 is 0.867 bits per heavy atom. The molecule has 4 rings (SSSR count). The summed E-state index contributed by atoms with van der Waals surface area (Å²) in [6.07, 6.45) is 0.231. The lowest BCUT2D eigenvalue weighted by molar-refractivity contribution is -0.140. The minimum atomic E-state index is -4.29. The van der Waals surface area contributed by atoms with Crippen LogP contribution in [0.15, 0.2) is 112 Å². The Morgan fingerprint density at radius 3 is 2.16 bits per heavy atom. The number of carbonyl (C=O) groups excluding carboxylic acids is 2. The van der Waals surface area contributed by atoms with E-state index in [1.165, 1.54) is 29.2 Å². The van der Waals surface area contributed by atoms with Gasteiger partial charge in [-0.05, 0) is 73.5 Å². The predicted molar refractivity (Wildman–Crippen MR) is 181 cm³/mol. The molecule has 0 heterocycles. The molecule has 45 heavy (non-hydrogen) atoms. The van der Waals surface area contributed by atoms with Crippen LogP contribution in [0.2, 0.25) is 5.02 Å². The topological polar surface area (TPSA) is 96.0 Å². The van der Waals surface area contributed by atoms with Crippen LogP contribution in [0.3, 0.4) is 0 Å². The van der Waals surface area contributed by atoms with Crippen molar-refractivity contribution in [3.8, 4) is 5.75 Å². The van der Waals surface area contributed by atoms with Gasteiger partial charge in [0.1, 0.15) is 18.3 Å². The Morgan fingerprint density at radius 2 is 1.51 bits per heavy atom. The van der Waals surface area contributed by atoms with Crippen molar-refractivity contribution in [3.63, 3.8) is 0 Å². The number of carbonyl (C=O) groups is 2. The van der Waals surface area contributed by atoms with Gasteiger partial charge in [0, 0.05) is 29.0 Å². The third-order valence-corrected chi connectivity index (χ3v) is 9.56. The lowest BCUT2D eigenvalue weighted by atomic mass is 10.0. The van der Waals surface area contributed by atoms with Gasteiger partial charge in [-0.3, -0.25) is 13.9 Å². The first kappa shape index (κ1) is 34.0. The molecular weight excluding hydrogens is 678 g/mol. The molecule has 0 aliphatic carbocycles. The first-order valence-corrected chi connectivity index (χ1v) is 17.1. The molecule has 236 valence electrons. The number of amides is 2. The van der Waals surface area contributed by atoms with Crippen LogP contribution in [0, 0.1) is 0 Å². The molecule has 0 aromatic heterocycles. The van der Waals surface area contributed by atoms with Gasteiger partial charge < -0.3 is 15.0 Å². The summed E-state index contributed by atoms with van der Waals surface area (Å²) in [6, 6.07) is 28.3. The minimum absolute atomic E-state index is 0.0463. The first-order chi connectivity index (χ1) is 21.6. The highest BCUT2D eigenvalue weighted by molar-refractivity contribution is 9.10. The number of benzene rings is 4. The van der Waals surface area contributed by atoms with Crippen LogP contribution < -0.4 is 14.4 Å². The third kappa shape index (κ3) is 8.87. The first-order valence-electron chi connectivity index (χ1n) is 14.5.